The van der Waals surface area contributed by atoms with Gasteiger partial charge in [-0.1, -0.05) is 24.6 Å². The second-order valence-electron chi connectivity index (χ2n) is 3.42. The van der Waals surface area contributed by atoms with Crippen LogP contribution in [0, 0.1) is 0 Å². The lowest BCUT2D eigenvalue weighted by Gasteiger charge is -2.06. The lowest BCUT2D eigenvalue weighted by molar-refractivity contribution is -0.112. The van der Waals surface area contributed by atoms with Gasteiger partial charge in [0.2, 0.25) is 0 Å². The molecule has 0 unspecified atom stereocenters. The molecule has 0 spiro atoms. The van der Waals surface area contributed by atoms with E-state index in [0.29, 0.717) is 11.3 Å². The van der Waals surface area contributed by atoms with Crippen molar-refractivity contribution in [3.05, 3.63) is 34.9 Å². The van der Waals surface area contributed by atoms with E-state index in [-0.39, 0.29) is 16.7 Å². The zero-order chi connectivity index (χ0) is 12.1. The van der Waals surface area contributed by atoms with E-state index in [2.05, 4.69) is 5.32 Å². The van der Waals surface area contributed by atoms with Crippen LogP contribution in [0.15, 0.2) is 29.8 Å². The molecular formula is C12H14ClNO2. The van der Waals surface area contributed by atoms with Crippen molar-refractivity contribution in [2.75, 3.05) is 5.32 Å². The number of benzene rings is 1. The molecule has 16 heavy (non-hydrogen) atoms. The number of anilines is 1. The molecule has 0 saturated carbocycles. The van der Waals surface area contributed by atoms with E-state index >= 15 is 0 Å². The van der Waals surface area contributed by atoms with E-state index in [1.165, 1.54) is 12.1 Å². The van der Waals surface area contributed by atoms with Crippen molar-refractivity contribution in [2.45, 2.75) is 20.3 Å². The Morgan fingerprint density at radius 1 is 1.56 bits per heavy atom. The molecule has 1 aromatic carbocycles. The van der Waals surface area contributed by atoms with Gasteiger partial charge in [-0.2, -0.15) is 0 Å². The summed E-state index contributed by atoms with van der Waals surface area (Å²) in [5, 5.41) is 12.1. The van der Waals surface area contributed by atoms with Gasteiger partial charge in [-0.05, 0) is 31.5 Å². The fourth-order valence-corrected chi connectivity index (χ4v) is 1.39. The average Bonchev–Trinajstić information content (AvgIpc) is 2.24. The molecule has 2 N–H and O–H groups in total. The van der Waals surface area contributed by atoms with Gasteiger partial charge in [-0.25, -0.2) is 0 Å². The molecule has 0 radical (unpaired) electrons. The van der Waals surface area contributed by atoms with Crippen molar-refractivity contribution >= 4 is 23.2 Å². The van der Waals surface area contributed by atoms with E-state index in [9.17, 15) is 9.90 Å². The van der Waals surface area contributed by atoms with E-state index in [1.807, 2.05) is 13.0 Å². The highest BCUT2D eigenvalue weighted by atomic mass is 35.5. The van der Waals surface area contributed by atoms with Gasteiger partial charge < -0.3 is 10.4 Å². The Balaban J connectivity index is 2.77. The van der Waals surface area contributed by atoms with Crippen LogP contribution in [0.1, 0.15) is 20.3 Å². The summed E-state index contributed by atoms with van der Waals surface area (Å²) in [5.41, 5.74) is 1.23. The number of phenols is 1. The topological polar surface area (TPSA) is 49.3 Å². The van der Waals surface area contributed by atoms with Gasteiger partial charge in [0.15, 0.2) is 0 Å². The third-order valence-corrected chi connectivity index (χ3v) is 2.38. The number of carbonyl (C=O) groups excluding carboxylic acids is 1. The molecule has 4 heteroatoms. The number of halogens is 1. The molecule has 0 heterocycles. The van der Waals surface area contributed by atoms with Crippen LogP contribution in [-0.2, 0) is 4.79 Å². The van der Waals surface area contributed by atoms with Gasteiger partial charge in [-0.15, -0.1) is 0 Å². The Labute approximate surface area is 99.7 Å². The van der Waals surface area contributed by atoms with Crippen molar-refractivity contribution in [3.63, 3.8) is 0 Å². The number of phenolic OH excluding ortho intramolecular Hbond substituents is 1. The van der Waals surface area contributed by atoms with Crippen molar-refractivity contribution < 1.29 is 9.90 Å². The van der Waals surface area contributed by atoms with Crippen LogP contribution in [0.5, 0.6) is 5.75 Å². The largest absolute Gasteiger partial charge is 0.506 e. The summed E-state index contributed by atoms with van der Waals surface area (Å²) in [6.07, 6.45) is 2.66. The molecule has 0 aromatic heterocycles. The highest BCUT2D eigenvalue weighted by Gasteiger charge is 2.05. The summed E-state index contributed by atoms with van der Waals surface area (Å²) < 4.78 is 0. The SMILES string of the molecule is CCC=C(C)C(=O)Nc1ccc(O)c(Cl)c1. The van der Waals surface area contributed by atoms with Gasteiger partial charge >= 0.3 is 0 Å². The number of hydrogen-bond donors (Lipinski definition) is 2. The Kier molecular flexibility index (Phi) is 4.38. The van der Waals surface area contributed by atoms with E-state index in [1.54, 1.807) is 13.0 Å². The predicted molar refractivity (Wildman–Crippen MR) is 65.8 cm³/mol. The third-order valence-electron chi connectivity index (χ3n) is 2.07. The molecule has 86 valence electrons. The third kappa shape index (κ3) is 3.28. The zero-order valence-corrected chi connectivity index (χ0v) is 10.0. The Morgan fingerprint density at radius 3 is 2.81 bits per heavy atom. The van der Waals surface area contributed by atoms with Gasteiger partial charge in [0.25, 0.3) is 5.91 Å². The minimum absolute atomic E-state index is 0.000452. The molecule has 0 fully saturated rings. The van der Waals surface area contributed by atoms with E-state index in [0.717, 1.165) is 6.42 Å². The van der Waals surface area contributed by atoms with Crippen LogP contribution < -0.4 is 5.32 Å². The number of amides is 1. The predicted octanol–water partition coefficient (Wildman–Crippen LogP) is 3.34. The Morgan fingerprint density at radius 2 is 2.25 bits per heavy atom. The maximum absolute atomic E-state index is 11.6. The normalized spacial score (nSPS) is 11.3. The van der Waals surface area contributed by atoms with Crippen LogP contribution in [0.3, 0.4) is 0 Å². The first kappa shape index (κ1) is 12.6. The lowest BCUT2D eigenvalue weighted by atomic mass is 10.2. The minimum atomic E-state index is -0.163. The molecule has 0 atom stereocenters. The van der Waals surface area contributed by atoms with Crippen molar-refractivity contribution in [1.82, 2.24) is 0 Å². The summed E-state index contributed by atoms with van der Waals surface area (Å²) in [6, 6.07) is 4.54. The van der Waals surface area contributed by atoms with Crippen LogP contribution in [-0.4, -0.2) is 11.0 Å². The molecule has 0 aliphatic carbocycles. The number of aromatic hydroxyl groups is 1. The van der Waals surface area contributed by atoms with Crippen LogP contribution in [0.4, 0.5) is 5.69 Å². The highest BCUT2D eigenvalue weighted by Crippen LogP contribution is 2.26. The molecule has 0 aliphatic heterocycles. The molecule has 1 rings (SSSR count). The molecule has 0 aliphatic rings. The Bertz CT molecular complexity index is 427. The Hall–Kier alpha value is -1.48. The van der Waals surface area contributed by atoms with Crippen molar-refractivity contribution in [1.29, 1.82) is 0 Å². The molecule has 1 aromatic rings. The second-order valence-corrected chi connectivity index (χ2v) is 3.82. The monoisotopic (exact) mass is 239 g/mol. The molecule has 0 bridgehead atoms. The fraction of sp³-hybridized carbons (Fsp3) is 0.250. The quantitative estimate of drug-likeness (QED) is 0.628. The summed E-state index contributed by atoms with van der Waals surface area (Å²) in [5.74, 6) is -0.163. The maximum atomic E-state index is 11.6. The van der Waals surface area contributed by atoms with Crippen molar-refractivity contribution in [3.8, 4) is 5.75 Å². The first-order chi connectivity index (χ1) is 7.54. The van der Waals surface area contributed by atoms with E-state index < -0.39 is 0 Å². The molecule has 1 amide bonds. The first-order valence-electron chi connectivity index (χ1n) is 5.01. The van der Waals surface area contributed by atoms with E-state index in [4.69, 9.17) is 11.6 Å². The average molecular weight is 240 g/mol. The van der Waals surface area contributed by atoms with Gasteiger partial charge in [0.05, 0.1) is 5.02 Å². The second kappa shape index (κ2) is 5.56. The highest BCUT2D eigenvalue weighted by molar-refractivity contribution is 6.32. The molecule has 3 nitrogen and oxygen atoms in total. The summed E-state index contributed by atoms with van der Waals surface area (Å²) in [7, 11) is 0. The lowest BCUT2D eigenvalue weighted by Crippen LogP contribution is -2.12. The van der Waals surface area contributed by atoms with Gasteiger partial charge in [0.1, 0.15) is 5.75 Å². The van der Waals surface area contributed by atoms with Crippen molar-refractivity contribution in [2.24, 2.45) is 0 Å². The summed E-state index contributed by atoms with van der Waals surface area (Å²) >= 11 is 5.72. The van der Waals surface area contributed by atoms with Crippen LogP contribution in [0.2, 0.25) is 5.02 Å². The number of rotatable bonds is 3. The standard InChI is InChI=1S/C12H14ClNO2/c1-3-4-8(2)12(16)14-9-5-6-11(15)10(13)7-9/h4-7,15H,3H2,1-2H3,(H,14,16). The van der Waals surface area contributed by atoms with Gasteiger partial charge in [0, 0.05) is 11.3 Å². The fourth-order valence-electron chi connectivity index (χ4n) is 1.21. The van der Waals surface area contributed by atoms with Crippen LogP contribution >= 0.6 is 11.6 Å². The molecule has 0 saturated heterocycles. The molecular weight excluding hydrogens is 226 g/mol. The summed E-state index contributed by atoms with van der Waals surface area (Å²) in [4.78, 5) is 11.6. The number of hydrogen-bond acceptors (Lipinski definition) is 2. The number of allylic oxidation sites excluding steroid dienone is 1. The maximum Gasteiger partial charge on any atom is 0.250 e. The first-order valence-corrected chi connectivity index (χ1v) is 5.39. The number of nitrogens with one attached hydrogen (secondary N) is 1. The minimum Gasteiger partial charge on any atom is -0.506 e. The zero-order valence-electron chi connectivity index (χ0n) is 9.25. The van der Waals surface area contributed by atoms with Gasteiger partial charge in [-0.3, -0.25) is 4.79 Å². The smallest absolute Gasteiger partial charge is 0.250 e. The summed E-state index contributed by atoms with van der Waals surface area (Å²) in [6.45, 7) is 3.72. The van der Waals surface area contributed by atoms with Crippen LogP contribution in [0.25, 0.3) is 0 Å². The number of carbonyl (C=O) groups is 1.